The minimum Gasteiger partial charge on any atom is -0.308 e. The summed E-state index contributed by atoms with van der Waals surface area (Å²) in [6.07, 6.45) is 0. The Hall–Kier alpha value is -4.36. The fourth-order valence-electron chi connectivity index (χ4n) is 4.79. The smallest absolute Gasteiger partial charge is 0.0618 e. The molecule has 1 heterocycles. The van der Waals surface area contributed by atoms with Crippen LogP contribution in [0.1, 0.15) is 16.7 Å². The molecule has 1 nitrogen and oxygen atoms in total. The molecule has 0 aliphatic heterocycles. The molecular formula is C32H23N. The summed E-state index contributed by atoms with van der Waals surface area (Å²) in [6, 6.07) is 49.6. The highest BCUT2D eigenvalue weighted by Crippen LogP contribution is 2.39. The number of para-hydroxylation sites is 2. The maximum absolute atomic E-state index is 2.44. The predicted octanol–water partition coefficient (Wildman–Crippen LogP) is 8.26. The summed E-state index contributed by atoms with van der Waals surface area (Å²) < 4.78 is 2.44. The van der Waals surface area contributed by atoms with E-state index in [-0.39, 0.29) is 0 Å². The van der Waals surface area contributed by atoms with Crippen LogP contribution >= 0.6 is 0 Å². The van der Waals surface area contributed by atoms with Crippen molar-refractivity contribution in [2.24, 2.45) is 0 Å². The first kappa shape index (κ1) is 19.3. The van der Waals surface area contributed by atoms with Crippen molar-refractivity contribution in [2.45, 2.75) is 0 Å². The van der Waals surface area contributed by atoms with Crippen LogP contribution in [0.5, 0.6) is 0 Å². The monoisotopic (exact) mass is 421 g/mol. The number of aromatic nitrogens is 1. The van der Waals surface area contributed by atoms with E-state index < -0.39 is 0 Å². The van der Waals surface area contributed by atoms with Crippen molar-refractivity contribution in [3.05, 3.63) is 156 Å². The average Bonchev–Trinajstić information content (AvgIpc) is 3.23. The van der Waals surface area contributed by atoms with Gasteiger partial charge in [0.1, 0.15) is 0 Å². The van der Waals surface area contributed by atoms with Crippen molar-refractivity contribution in [1.82, 2.24) is 4.57 Å². The van der Waals surface area contributed by atoms with E-state index in [4.69, 9.17) is 0 Å². The molecule has 0 aliphatic rings. The van der Waals surface area contributed by atoms with Gasteiger partial charge in [-0.25, -0.2) is 0 Å². The van der Waals surface area contributed by atoms with E-state index in [1.165, 1.54) is 49.8 Å². The molecule has 0 spiro atoms. The van der Waals surface area contributed by atoms with Crippen LogP contribution in [0, 0.1) is 0 Å². The van der Waals surface area contributed by atoms with Crippen molar-refractivity contribution in [3.8, 4) is 0 Å². The van der Waals surface area contributed by atoms with Crippen LogP contribution in [-0.4, -0.2) is 4.57 Å². The zero-order valence-corrected chi connectivity index (χ0v) is 18.2. The molecule has 0 unspecified atom stereocenters. The number of nitrogens with zero attached hydrogens (tertiary/aromatic N) is 1. The molecule has 0 atom stereocenters. The third kappa shape index (κ3) is 3.35. The zero-order valence-electron chi connectivity index (χ0n) is 18.2. The largest absolute Gasteiger partial charge is 0.308 e. The van der Waals surface area contributed by atoms with Gasteiger partial charge in [-0.15, -0.1) is 0 Å². The Bertz CT molecular complexity index is 1480. The third-order valence-corrected chi connectivity index (χ3v) is 6.21. The quantitative estimate of drug-likeness (QED) is 0.252. The number of fused-ring (bicyclic) bond motifs is 3. The Morgan fingerprint density at radius 2 is 0.727 bits per heavy atom. The summed E-state index contributed by atoms with van der Waals surface area (Å²) >= 11 is 0. The summed E-state index contributed by atoms with van der Waals surface area (Å²) in [4.78, 5) is 0. The van der Waals surface area contributed by atoms with E-state index in [0.29, 0.717) is 0 Å². The van der Waals surface area contributed by atoms with Gasteiger partial charge in [0.25, 0.3) is 0 Å². The number of rotatable bonds is 4. The highest BCUT2D eigenvalue weighted by Gasteiger charge is 2.20. The summed E-state index contributed by atoms with van der Waals surface area (Å²) in [5, 5.41) is 2.53. The molecule has 0 N–H and O–H groups in total. The molecule has 33 heavy (non-hydrogen) atoms. The molecule has 0 saturated carbocycles. The summed E-state index contributed by atoms with van der Waals surface area (Å²) in [5.41, 5.74) is 8.41. The molecule has 156 valence electrons. The van der Waals surface area contributed by atoms with Gasteiger partial charge in [-0.05, 0) is 28.8 Å². The minimum atomic E-state index is 1.19. The van der Waals surface area contributed by atoms with Crippen molar-refractivity contribution < 1.29 is 0 Å². The average molecular weight is 422 g/mol. The van der Waals surface area contributed by atoms with Crippen molar-refractivity contribution >= 4 is 33.1 Å². The fourth-order valence-corrected chi connectivity index (χ4v) is 4.79. The Labute approximate surface area is 193 Å². The van der Waals surface area contributed by atoms with Crippen LogP contribution in [0.4, 0.5) is 0 Å². The fraction of sp³-hybridized carbons (Fsp3) is 0. The highest BCUT2D eigenvalue weighted by atomic mass is 15.0. The second-order valence-electron chi connectivity index (χ2n) is 8.19. The van der Waals surface area contributed by atoms with Crippen LogP contribution in [0.3, 0.4) is 0 Å². The number of hydrogen-bond acceptors (Lipinski definition) is 0. The zero-order chi connectivity index (χ0) is 22.0. The summed E-state index contributed by atoms with van der Waals surface area (Å²) in [5.74, 6) is 0. The van der Waals surface area contributed by atoms with Gasteiger partial charge in [0.2, 0.25) is 0 Å². The Balaban J connectivity index is 1.85. The SMILES string of the molecule is c1ccc(C(=C(c2ccccc2)n2c3ccccc3c3ccccc32)c2ccccc2)cc1. The molecule has 0 aliphatic carbocycles. The first-order valence-corrected chi connectivity index (χ1v) is 11.3. The predicted molar refractivity (Wildman–Crippen MR) is 140 cm³/mol. The molecule has 1 aromatic heterocycles. The van der Waals surface area contributed by atoms with Crippen LogP contribution < -0.4 is 0 Å². The lowest BCUT2D eigenvalue weighted by Gasteiger charge is -2.20. The van der Waals surface area contributed by atoms with Gasteiger partial charge < -0.3 is 4.57 Å². The van der Waals surface area contributed by atoms with Gasteiger partial charge in [0.15, 0.2) is 0 Å². The highest BCUT2D eigenvalue weighted by molar-refractivity contribution is 6.13. The van der Waals surface area contributed by atoms with E-state index in [9.17, 15) is 0 Å². The van der Waals surface area contributed by atoms with E-state index in [1.54, 1.807) is 0 Å². The molecule has 0 bridgehead atoms. The van der Waals surface area contributed by atoms with Gasteiger partial charge in [0.05, 0.1) is 16.7 Å². The maximum Gasteiger partial charge on any atom is 0.0618 e. The molecular weight excluding hydrogens is 398 g/mol. The van der Waals surface area contributed by atoms with Gasteiger partial charge in [-0.1, -0.05) is 127 Å². The molecule has 6 rings (SSSR count). The maximum atomic E-state index is 2.44. The minimum absolute atomic E-state index is 1.19. The van der Waals surface area contributed by atoms with Crippen LogP contribution in [0.15, 0.2) is 140 Å². The van der Waals surface area contributed by atoms with E-state index in [0.717, 1.165) is 0 Å². The lowest BCUT2D eigenvalue weighted by Crippen LogP contribution is -2.04. The second kappa shape index (κ2) is 8.29. The van der Waals surface area contributed by atoms with E-state index >= 15 is 0 Å². The molecule has 0 saturated heterocycles. The molecule has 0 amide bonds. The van der Waals surface area contributed by atoms with Crippen LogP contribution in [-0.2, 0) is 0 Å². The van der Waals surface area contributed by atoms with Crippen molar-refractivity contribution in [2.75, 3.05) is 0 Å². The number of hydrogen-bond donors (Lipinski definition) is 0. The first-order valence-electron chi connectivity index (χ1n) is 11.3. The number of benzene rings is 5. The second-order valence-corrected chi connectivity index (χ2v) is 8.19. The van der Waals surface area contributed by atoms with E-state index in [1.807, 2.05) is 0 Å². The first-order chi connectivity index (χ1) is 16.4. The van der Waals surface area contributed by atoms with Gasteiger partial charge >= 0.3 is 0 Å². The van der Waals surface area contributed by atoms with Crippen LogP contribution in [0.2, 0.25) is 0 Å². The molecule has 0 fully saturated rings. The normalized spacial score (nSPS) is 11.0. The van der Waals surface area contributed by atoms with Gasteiger partial charge in [-0.2, -0.15) is 0 Å². The lowest BCUT2D eigenvalue weighted by molar-refractivity contribution is 1.21. The molecule has 0 radical (unpaired) electrons. The summed E-state index contributed by atoms with van der Waals surface area (Å²) in [7, 11) is 0. The standard InChI is InChI=1S/C32H23N/c1-4-14-24(15-5-1)31(25-16-6-2-7-17-25)32(26-18-8-3-9-19-26)33-29-22-12-10-20-27(29)28-21-11-13-23-30(28)33/h1-23H. The van der Waals surface area contributed by atoms with Crippen molar-refractivity contribution in [1.29, 1.82) is 0 Å². The Morgan fingerprint density at radius 3 is 1.18 bits per heavy atom. The Morgan fingerprint density at radius 1 is 0.364 bits per heavy atom. The van der Waals surface area contributed by atoms with Gasteiger partial charge in [0, 0.05) is 16.3 Å². The van der Waals surface area contributed by atoms with Gasteiger partial charge in [-0.3, -0.25) is 0 Å². The molecule has 6 aromatic rings. The van der Waals surface area contributed by atoms with E-state index in [2.05, 4.69) is 144 Å². The van der Waals surface area contributed by atoms with Crippen LogP contribution in [0.25, 0.3) is 33.1 Å². The third-order valence-electron chi connectivity index (χ3n) is 6.21. The summed E-state index contributed by atoms with van der Waals surface area (Å²) in [6.45, 7) is 0. The Kier molecular flexibility index (Phi) is 4.86. The van der Waals surface area contributed by atoms with Crippen molar-refractivity contribution in [3.63, 3.8) is 0 Å². The molecule has 1 heteroatoms. The molecule has 5 aromatic carbocycles. The lowest BCUT2D eigenvalue weighted by atomic mass is 9.92. The topological polar surface area (TPSA) is 4.93 Å².